The van der Waals surface area contributed by atoms with Crippen LogP contribution in [0.3, 0.4) is 0 Å². The average Bonchev–Trinajstić information content (AvgIpc) is 2.32. The summed E-state index contributed by atoms with van der Waals surface area (Å²) in [6, 6.07) is 1.80. The topological polar surface area (TPSA) is 17.1 Å². The van der Waals surface area contributed by atoms with Crippen LogP contribution in [0, 0.1) is 23.0 Å². The van der Waals surface area contributed by atoms with Crippen LogP contribution in [0.5, 0.6) is 0 Å². The summed E-state index contributed by atoms with van der Waals surface area (Å²) in [6.45, 7) is 4.09. The van der Waals surface area contributed by atoms with Gasteiger partial charge in [0.1, 0.15) is 0 Å². The number of hydrogen-bond donors (Lipinski definition) is 0. The van der Waals surface area contributed by atoms with Crippen molar-refractivity contribution in [2.75, 3.05) is 0 Å². The molecule has 104 valence electrons. The van der Waals surface area contributed by atoms with Gasteiger partial charge < -0.3 is 0 Å². The van der Waals surface area contributed by atoms with Crippen molar-refractivity contribution in [3.63, 3.8) is 0 Å². The number of halogens is 3. The van der Waals surface area contributed by atoms with E-state index in [1.165, 1.54) is 0 Å². The van der Waals surface area contributed by atoms with E-state index in [9.17, 15) is 13.6 Å². The number of benzene rings is 1. The van der Waals surface area contributed by atoms with Crippen LogP contribution in [0.15, 0.2) is 12.1 Å². The highest BCUT2D eigenvalue weighted by atomic mass is 35.5. The normalized spacial score (nSPS) is 22.3. The molecule has 0 amide bonds. The molecule has 1 aromatic rings. The molecule has 1 aliphatic rings. The highest BCUT2D eigenvalue weighted by molar-refractivity contribution is 6.34. The Hall–Kier alpha value is -0.960. The molecule has 1 fully saturated rings. The predicted molar refractivity (Wildman–Crippen MR) is 71.4 cm³/mol. The minimum absolute atomic E-state index is 0.00901. The smallest absolute Gasteiger partial charge is 0.168 e. The minimum Gasteiger partial charge on any atom is -0.294 e. The fourth-order valence-electron chi connectivity index (χ4n) is 2.88. The highest BCUT2D eigenvalue weighted by Crippen LogP contribution is 2.42. The number of hydrogen-bond acceptors (Lipinski definition) is 1. The second-order valence-electron chi connectivity index (χ2n) is 5.90. The van der Waals surface area contributed by atoms with Gasteiger partial charge in [-0.05, 0) is 30.4 Å². The molecule has 1 aliphatic carbocycles. The summed E-state index contributed by atoms with van der Waals surface area (Å²) in [5, 5.41) is -0.00901. The summed E-state index contributed by atoms with van der Waals surface area (Å²) in [5.41, 5.74) is -0.0238. The van der Waals surface area contributed by atoms with E-state index in [4.69, 9.17) is 11.6 Å². The lowest BCUT2D eigenvalue weighted by Gasteiger charge is -2.37. The Morgan fingerprint density at radius 3 is 2.53 bits per heavy atom. The van der Waals surface area contributed by atoms with Crippen LogP contribution in [0.4, 0.5) is 8.78 Å². The first-order chi connectivity index (χ1) is 8.83. The Morgan fingerprint density at radius 2 is 1.89 bits per heavy atom. The van der Waals surface area contributed by atoms with Crippen molar-refractivity contribution < 1.29 is 13.6 Å². The molecular weight excluding hydrogens is 270 g/mol. The fourth-order valence-corrected chi connectivity index (χ4v) is 3.12. The number of rotatable bonds is 2. The predicted octanol–water partition coefficient (Wildman–Crippen LogP) is 5.02. The van der Waals surface area contributed by atoms with Gasteiger partial charge >= 0.3 is 0 Å². The van der Waals surface area contributed by atoms with Gasteiger partial charge in [-0.2, -0.15) is 0 Å². The molecule has 1 nitrogen and oxygen atoms in total. The van der Waals surface area contributed by atoms with Crippen LogP contribution in [-0.2, 0) is 0 Å². The van der Waals surface area contributed by atoms with Gasteiger partial charge in [-0.15, -0.1) is 0 Å². The second-order valence-corrected chi connectivity index (χ2v) is 6.30. The molecule has 0 bridgehead atoms. The summed E-state index contributed by atoms with van der Waals surface area (Å²) < 4.78 is 26.3. The zero-order valence-corrected chi connectivity index (χ0v) is 11.9. The second kappa shape index (κ2) is 5.20. The molecule has 0 N–H and O–H groups in total. The Kier molecular flexibility index (Phi) is 3.95. The van der Waals surface area contributed by atoms with Crippen LogP contribution >= 0.6 is 11.6 Å². The van der Waals surface area contributed by atoms with E-state index in [1.54, 1.807) is 0 Å². The van der Waals surface area contributed by atoms with Crippen molar-refractivity contribution in [3.05, 3.63) is 34.4 Å². The maximum atomic E-state index is 13.3. The number of carbonyl (C=O) groups is 1. The van der Waals surface area contributed by atoms with E-state index in [1.807, 2.05) is 13.8 Å². The molecule has 1 saturated carbocycles. The van der Waals surface area contributed by atoms with Crippen molar-refractivity contribution >= 4 is 17.4 Å². The van der Waals surface area contributed by atoms with Gasteiger partial charge in [0, 0.05) is 11.5 Å². The first kappa shape index (κ1) is 14.4. The van der Waals surface area contributed by atoms with Gasteiger partial charge in [0.2, 0.25) is 0 Å². The van der Waals surface area contributed by atoms with Crippen molar-refractivity contribution in [3.8, 4) is 0 Å². The minimum atomic E-state index is -1.03. The number of Topliss-reactive ketones (excluding diaryl/α,β-unsaturated/α-hetero) is 1. The molecule has 0 aliphatic heterocycles. The first-order valence-electron chi connectivity index (χ1n) is 6.51. The monoisotopic (exact) mass is 286 g/mol. The number of ketones is 1. The van der Waals surface area contributed by atoms with Gasteiger partial charge in [-0.3, -0.25) is 4.79 Å². The van der Waals surface area contributed by atoms with Crippen LogP contribution in [-0.4, -0.2) is 5.78 Å². The maximum absolute atomic E-state index is 13.3. The molecular formula is C15H17ClF2O. The van der Waals surface area contributed by atoms with Gasteiger partial charge in [0.15, 0.2) is 17.4 Å². The van der Waals surface area contributed by atoms with Crippen molar-refractivity contribution in [2.24, 2.45) is 11.3 Å². The third-order valence-electron chi connectivity index (χ3n) is 4.10. The third kappa shape index (κ3) is 2.81. The third-order valence-corrected chi connectivity index (χ3v) is 4.41. The summed E-state index contributed by atoms with van der Waals surface area (Å²) in [5.74, 6) is -2.40. The van der Waals surface area contributed by atoms with Gasteiger partial charge in [0.05, 0.1) is 5.02 Å². The van der Waals surface area contributed by atoms with E-state index in [0.717, 1.165) is 37.8 Å². The van der Waals surface area contributed by atoms with Gasteiger partial charge in [-0.25, -0.2) is 8.78 Å². The van der Waals surface area contributed by atoms with Gasteiger partial charge in [0.25, 0.3) is 0 Å². The Labute approximate surface area is 117 Å². The molecule has 4 heteroatoms. The average molecular weight is 287 g/mol. The molecule has 1 aromatic carbocycles. The molecule has 0 spiro atoms. The molecule has 19 heavy (non-hydrogen) atoms. The number of carbonyl (C=O) groups excluding carboxylic acids is 1. The highest BCUT2D eigenvalue weighted by Gasteiger charge is 2.38. The molecule has 0 heterocycles. The largest absolute Gasteiger partial charge is 0.294 e. The molecule has 0 saturated heterocycles. The summed E-state index contributed by atoms with van der Waals surface area (Å²) in [4.78, 5) is 12.5. The Bertz CT molecular complexity index is 511. The van der Waals surface area contributed by atoms with Crippen LogP contribution < -0.4 is 0 Å². The fraction of sp³-hybridized carbons (Fsp3) is 0.533. The van der Waals surface area contributed by atoms with E-state index in [-0.39, 0.29) is 27.7 Å². The van der Waals surface area contributed by atoms with E-state index >= 15 is 0 Å². The lowest BCUT2D eigenvalue weighted by molar-refractivity contribution is 0.0697. The van der Waals surface area contributed by atoms with Crippen molar-refractivity contribution in [2.45, 2.75) is 39.5 Å². The van der Waals surface area contributed by atoms with Crippen molar-refractivity contribution in [1.29, 1.82) is 0 Å². The van der Waals surface area contributed by atoms with Crippen molar-refractivity contribution in [1.82, 2.24) is 0 Å². The van der Waals surface area contributed by atoms with E-state index < -0.39 is 11.6 Å². The molecule has 1 atom stereocenters. The van der Waals surface area contributed by atoms with Gasteiger partial charge in [-0.1, -0.05) is 38.3 Å². The lowest BCUT2D eigenvalue weighted by atomic mass is 9.66. The SMILES string of the molecule is CC1(C)CCCCC1C(=O)c1cc(F)c(F)cc1Cl. The standard InChI is InChI=1S/C15H17ClF2O/c1-15(2)6-4-3-5-10(15)14(19)9-7-12(17)13(18)8-11(9)16/h7-8,10H,3-6H2,1-2H3. The quantitative estimate of drug-likeness (QED) is 0.551. The van der Waals surface area contributed by atoms with Crippen LogP contribution in [0.1, 0.15) is 49.9 Å². The van der Waals surface area contributed by atoms with E-state index in [0.29, 0.717) is 0 Å². The van der Waals surface area contributed by atoms with Crippen LogP contribution in [0.25, 0.3) is 0 Å². The molecule has 1 unspecified atom stereocenters. The molecule has 0 radical (unpaired) electrons. The summed E-state index contributed by atoms with van der Waals surface area (Å²) in [7, 11) is 0. The Morgan fingerprint density at radius 1 is 1.26 bits per heavy atom. The Balaban J connectivity index is 2.36. The zero-order chi connectivity index (χ0) is 14.2. The van der Waals surface area contributed by atoms with Crippen LogP contribution in [0.2, 0.25) is 5.02 Å². The van der Waals surface area contributed by atoms with E-state index in [2.05, 4.69) is 0 Å². The molecule has 2 rings (SSSR count). The molecule has 0 aromatic heterocycles. The summed E-state index contributed by atoms with van der Waals surface area (Å²) in [6.07, 6.45) is 3.83. The zero-order valence-electron chi connectivity index (χ0n) is 11.1. The maximum Gasteiger partial charge on any atom is 0.168 e. The summed E-state index contributed by atoms with van der Waals surface area (Å²) >= 11 is 5.88. The lowest BCUT2D eigenvalue weighted by Crippen LogP contribution is -2.34. The first-order valence-corrected chi connectivity index (χ1v) is 6.89.